The Morgan fingerprint density at radius 1 is 1.12 bits per heavy atom. The van der Waals surface area contributed by atoms with Gasteiger partial charge in [-0.1, -0.05) is 32.0 Å². The number of carbonyl (C=O) groups excluding carboxylic acids is 1. The molecule has 0 saturated carbocycles. The number of carbonyl (C=O) groups is 1. The Bertz CT molecular complexity index is 583. The van der Waals surface area contributed by atoms with Crippen molar-refractivity contribution in [2.45, 2.75) is 46.8 Å². The quantitative estimate of drug-likeness (QED) is 0.245. The van der Waals surface area contributed by atoms with E-state index in [2.05, 4.69) is 20.9 Å². The summed E-state index contributed by atoms with van der Waals surface area (Å²) in [5.74, 6) is 1.60. The molecule has 0 radical (unpaired) electrons. The van der Waals surface area contributed by atoms with Gasteiger partial charge in [0, 0.05) is 38.2 Å². The lowest BCUT2D eigenvalue weighted by molar-refractivity contribution is -0.123. The van der Waals surface area contributed by atoms with Crippen LogP contribution >= 0.6 is 24.0 Å². The number of para-hydroxylation sites is 1. The number of benzene rings is 1. The number of amides is 1. The van der Waals surface area contributed by atoms with Crippen LogP contribution in [0.25, 0.3) is 0 Å². The van der Waals surface area contributed by atoms with E-state index in [1.807, 2.05) is 58.9 Å². The number of aliphatic imine (C=N–C) groups is 1. The van der Waals surface area contributed by atoms with Gasteiger partial charge in [-0.3, -0.25) is 9.79 Å². The molecule has 0 aromatic heterocycles. The number of nitrogens with zero attached hydrogens (tertiary/aromatic N) is 1. The summed E-state index contributed by atoms with van der Waals surface area (Å²) in [7, 11) is 1.72. The highest BCUT2D eigenvalue weighted by Gasteiger charge is 2.14. The highest BCUT2D eigenvalue weighted by atomic mass is 127. The molecule has 148 valence electrons. The fraction of sp³-hybridized carbons (Fsp3) is 0.579. The Hall–Kier alpha value is -1.51. The fourth-order valence-electron chi connectivity index (χ4n) is 2.05. The molecule has 0 unspecified atom stereocenters. The molecule has 1 rings (SSSR count). The summed E-state index contributed by atoms with van der Waals surface area (Å²) in [6, 6.07) is 7.96. The van der Waals surface area contributed by atoms with Crippen LogP contribution in [0, 0.1) is 5.92 Å². The Morgan fingerprint density at radius 3 is 2.31 bits per heavy atom. The van der Waals surface area contributed by atoms with Gasteiger partial charge in [-0.15, -0.1) is 24.0 Å². The smallest absolute Gasteiger partial charge is 0.222 e. The van der Waals surface area contributed by atoms with E-state index >= 15 is 0 Å². The van der Waals surface area contributed by atoms with Crippen molar-refractivity contribution in [2.75, 3.05) is 20.1 Å². The third-order valence-electron chi connectivity index (χ3n) is 3.30. The van der Waals surface area contributed by atoms with Gasteiger partial charge in [0.1, 0.15) is 11.4 Å². The molecule has 0 heterocycles. The molecule has 3 N–H and O–H groups in total. The SMILES string of the molecule is CN=C(NCCNC(=O)C(C)C)NCc1ccccc1OC(C)(C)C.I. The lowest BCUT2D eigenvalue weighted by Gasteiger charge is -2.23. The van der Waals surface area contributed by atoms with Gasteiger partial charge in [-0.2, -0.15) is 0 Å². The molecular weight excluding hydrogens is 443 g/mol. The minimum Gasteiger partial charge on any atom is -0.488 e. The molecule has 1 aromatic rings. The van der Waals surface area contributed by atoms with E-state index in [1.54, 1.807) is 7.05 Å². The maximum Gasteiger partial charge on any atom is 0.222 e. The molecule has 1 aromatic carbocycles. The van der Waals surface area contributed by atoms with Crippen LogP contribution in [0.2, 0.25) is 0 Å². The molecule has 0 saturated heterocycles. The van der Waals surface area contributed by atoms with Crippen molar-refractivity contribution in [2.24, 2.45) is 10.9 Å². The Labute approximate surface area is 174 Å². The van der Waals surface area contributed by atoms with Crippen LogP contribution in [0.5, 0.6) is 5.75 Å². The Morgan fingerprint density at radius 2 is 1.73 bits per heavy atom. The summed E-state index contributed by atoms with van der Waals surface area (Å²) in [5, 5.41) is 9.32. The van der Waals surface area contributed by atoms with E-state index < -0.39 is 0 Å². The second-order valence-electron chi connectivity index (χ2n) is 7.12. The van der Waals surface area contributed by atoms with Gasteiger partial charge in [0.25, 0.3) is 0 Å². The van der Waals surface area contributed by atoms with Crippen LogP contribution in [0.1, 0.15) is 40.2 Å². The summed E-state index contributed by atoms with van der Waals surface area (Å²) in [6.07, 6.45) is 0. The van der Waals surface area contributed by atoms with Gasteiger partial charge in [0.15, 0.2) is 5.96 Å². The average Bonchev–Trinajstić information content (AvgIpc) is 2.53. The third-order valence-corrected chi connectivity index (χ3v) is 3.30. The molecule has 0 aliphatic heterocycles. The molecule has 6 nitrogen and oxygen atoms in total. The maximum atomic E-state index is 11.5. The van der Waals surface area contributed by atoms with E-state index in [1.165, 1.54) is 0 Å². The van der Waals surface area contributed by atoms with Crippen molar-refractivity contribution < 1.29 is 9.53 Å². The van der Waals surface area contributed by atoms with Crippen molar-refractivity contribution in [1.29, 1.82) is 0 Å². The number of hydrogen-bond donors (Lipinski definition) is 3. The van der Waals surface area contributed by atoms with Crippen molar-refractivity contribution in [3.05, 3.63) is 29.8 Å². The molecular formula is C19H33IN4O2. The zero-order valence-corrected chi connectivity index (χ0v) is 19.0. The van der Waals surface area contributed by atoms with E-state index in [-0.39, 0.29) is 41.4 Å². The minimum absolute atomic E-state index is 0. The summed E-state index contributed by atoms with van der Waals surface area (Å²) in [4.78, 5) is 15.7. The zero-order valence-electron chi connectivity index (χ0n) is 16.7. The highest BCUT2D eigenvalue weighted by Crippen LogP contribution is 2.22. The van der Waals surface area contributed by atoms with Crippen molar-refractivity contribution >= 4 is 35.8 Å². The van der Waals surface area contributed by atoms with Crippen molar-refractivity contribution in [3.8, 4) is 5.75 Å². The van der Waals surface area contributed by atoms with Gasteiger partial charge in [0.05, 0.1) is 0 Å². The van der Waals surface area contributed by atoms with Gasteiger partial charge in [-0.25, -0.2) is 0 Å². The topological polar surface area (TPSA) is 74.8 Å². The molecule has 26 heavy (non-hydrogen) atoms. The molecule has 1 amide bonds. The molecule has 0 bridgehead atoms. The maximum absolute atomic E-state index is 11.5. The van der Waals surface area contributed by atoms with Gasteiger partial charge >= 0.3 is 0 Å². The molecule has 0 fully saturated rings. The molecule has 0 aliphatic rings. The van der Waals surface area contributed by atoms with E-state index in [9.17, 15) is 4.79 Å². The molecule has 7 heteroatoms. The third kappa shape index (κ3) is 9.84. The van der Waals surface area contributed by atoms with Crippen LogP contribution in [-0.4, -0.2) is 37.6 Å². The van der Waals surface area contributed by atoms with Crippen LogP contribution < -0.4 is 20.7 Å². The Kier molecular flexibility index (Phi) is 11.3. The number of guanidine groups is 1. The van der Waals surface area contributed by atoms with E-state index in [4.69, 9.17) is 4.74 Å². The molecule has 0 atom stereocenters. The van der Waals surface area contributed by atoms with Crippen LogP contribution in [0.15, 0.2) is 29.3 Å². The Balaban J connectivity index is 0.00000625. The first-order chi connectivity index (χ1) is 11.7. The molecule has 0 aliphatic carbocycles. The molecule has 0 spiro atoms. The number of rotatable bonds is 7. The number of hydrogen-bond acceptors (Lipinski definition) is 3. The number of halogens is 1. The lowest BCUT2D eigenvalue weighted by Crippen LogP contribution is -2.41. The van der Waals surface area contributed by atoms with Crippen LogP contribution in [0.4, 0.5) is 0 Å². The van der Waals surface area contributed by atoms with E-state index in [0.29, 0.717) is 25.6 Å². The van der Waals surface area contributed by atoms with Crippen molar-refractivity contribution in [3.63, 3.8) is 0 Å². The second-order valence-corrected chi connectivity index (χ2v) is 7.12. The summed E-state index contributed by atoms with van der Waals surface area (Å²) >= 11 is 0. The number of ether oxygens (including phenoxy) is 1. The second kappa shape index (κ2) is 12.0. The first-order valence-corrected chi connectivity index (χ1v) is 8.72. The van der Waals surface area contributed by atoms with E-state index in [0.717, 1.165) is 11.3 Å². The lowest BCUT2D eigenvalue weighted by atomic mass is 10.1. The number of nitrogens with one attached hydrogen (secondary N) is 3. The summed E-state index contributed by atoms with van der Waals surface area (Å²) in [5.41, 5.74) is 0.818. The highest BCUT2D eigenvalue weighted by molar-refractivity contribution is 14.0. The first kappa shape index (κ1) is 24.5. The summed E-state index contributed by atoms with van der Waals surface area (Å²) in [6.45, 7) is 11.6. The van der Waals surface area contributed by atoms with Crippen LogP contribution in [0.3, 0.4) is 0 Å². The van der Waals surface area contributed by atoms with Gasteiger partial charge in [0.2, 0.25) is 5.91 Å². The van der Waals surface area contributed by atoms with Crippen LogP contribution in [-0.2, 0) is 11.3 Å². The predicted molar refractivity (Wildman–Crippen MR) is 118 cm³/mol. The monoisotopic (exact) mass is 476 g/mol. The minimum atomic E-state index is -0.245. The normalized spacial score (nSPS) is 11.6. The fourth-order valence-corrected chi connectivity index (χ4v) is 2.05. The predicted octanol–water partition coefficient (Wildman–Crippen LogP) is 2.92. The van der Waals surface area contributed by atoms with Crippen molar-refractivity contribution in [1.82, 2.24) is 16.0 Å². The first-order valence-electron chi connectivity index (χ1n) is 8.72. The van der Waals surface area contributed by atoms with Gasteiger partial charge < -0.3 is 20.7 Å². The summed E-state index contributed by atoms with van der Waals surface area (Å²) < 4.78 is 6.00. The van der Waals surface area contributed by atoms with Gasteiger partial charge in [-0.05, 0) is 26.8 Å². The largest absolute Gasteiger partial charge is 0.488 e. The standard InChI is InChI=1S/C19H32N4O2.HI/c1-14(2)17(24)21-11-12-22-18(20-6)23-13-15-9-7-8-10-16(15)25-19(3,4)5;/h7-10,14H,11-13H2,1-6H3,(H,21,24)(H2,20,22,23);1H. The zero-order chi connectivity index (χ0) is 18.9. The average molecular weight is 476 g/mol.